The van der Waals surface area contributed by atoms with E-state index in [-0.39, 0.29) is 18.0 Å². The highest BCUT2D eigenvalue weighted by atomic mass is 35.5. The summed E-state index contributed by atoms with van der Waals surface area (Å²) >= 11 is 5.98. The van der Waals surface area contributed by atoms with Gasteiger partial charge in [0.25, 0.3) is 0 Å². The van der Waals surface area contributed by atoms with Crippen LogP contribution in [-0.2, 0) is 16.0 Å². The maximum absolute atomic E-state index is 12.1. The smallest absolute Gasteiger partial charge is 0.310 e. The van der Waals surface area contributed by atoms with Crippen LogP contribution in [0.2, 0.25) is 5.02 Å². The number of phenolic OH excluding ortho intramolecular Hbond substituents is 1. The van der Waals surface area contributed by atoms with Gasteiger partial charge in [-0.2, -0.15) is 0 Å². The summed E-state index contributed by atoms with van der Waals surface area (Å²) in [5, 5.41) is 10.4. The number of fused-ring (bicyclic) bond motifs is 1. The maximum atomic E-state index is 12.1. The number of Topliss-reactive ketones (excluding diaryl/α,β-unsaturated/α-hetero) is 1. The van der Waals surface area contributed by atoms with Crippen molar-refractivity contribution in [3.8, 4) is 11.5 Å². The minimum atomic E-state index is -0.561. The number of halogens is 1. The van der Waals surface area contributed by atoms with Gasteiger partial charge in [-0.05, 0) is 30.3 Å². The summed E-state index contributed by atoms with van der Waals surface area (Å²) in [4.78, 5) is 24.1. The number of phenols is 1. The number of furan rings is 1. The number of esters is 1. The van der Waals surface area contributed by atoms with Gasteiger partial charge in [0.2, 0.25) is 0 Å². The summed E-state index contributed by atoms with van der Waals surface area (Å²) in [6.07, 6.45) is 1.38. The lowest BCUT2D eigenvalue weighted by Gasteiger charge is -2.06. The van der Waals surface area contributed by atoms with E-state index in [0.717, 1.165) is 0 Å². The third kappa shape index (κ3) is 3.81. The molecule has 0 fully saturated rings. The highest BCUT2D eigenvalue weighted by molar-refractivity contribution is 6.32. The van der Waals surface area contributed by atoms with Gasteiger partial charge in [0.05, 0.1) is 24.8 Å². The van der Waals surface area contributed by atoms with Crippen molar-refractivity contribution in [2.45, 2.75) is 6.42 Å². The highest BCUT2D eigenvalue weighted by Gasteiger charge is 2.15. The molecule has 26 heavy (non-hydrogen) atoms. The topological polar surface area (TPSA) is 86.0 Å². The fraction of sp³-hybridized carbons (Fsp3) is 0.158. The zero-order valence-corrected chi connectivity index (χ0v) is 14.6. The molecule has 7 heteroatoms. The molecule has 3 rings (SSSR count). The van der Waals surface area contributed by atoms with E-state index < -0.39 is 12.6 Å². The van der Waals surface area contributed by atoms with Crippen molar-refractivity contribution in [2.24, 2.45) is 0 Å². The van der Waals surface area contributed by atoms with Gasteiger partial charge in [-0.1, -0.05) is 11.6 Å². The maximum Gasteiger partial charge on any atom is 0.310 e. The van der Waals surface area contributed by atoms with Crippen LogP contribution in [0.3, 0.4) is 0 Å². The van der Waals surface area contributed by atoms with Gasteiger partial charge < -0.3 is 19.0 Å². The number of aromatic hydroxyl groups is 1. The van der Waals surface area contributed by atoms with E-state index in [2.05, 4.69) is 0 Å². The summed E-state index contributed by atoms with van der Waals surface area (Å²) in [5.74, 6) is -0.401. The van der Waals surface area contributed by atoms with Crippen molar-refractivity contribution in [1.29, 1.82) is 0 Å². The zero-order chi connectivity index (χ0) is 18.7. The molecule has 134 valence electrons. The molecule has 0 radical (unpaired) electrons. The van der Waals surface area contributed by atoms with E-state index in [1.807, 2.05) is 0 Å². The number of hydrogen-bond acceptors (Lipinski definition) is 6. The summed E-state index contributed by atoms with van der Waals surface area (Å²) in [6.45, 7) is -0.391. The molecular formula is C19H15ClO6. The molecule has 1 heterocycles. The second-order valence-electron chi connectivity index (χ2n) is 5.55. The molecule has 0 aliphatic rings. The van der Waals surface area contributed by atoms with Crippen molar-refractivity contribution in [3.63, 3.8) is 0 Å². The third-order valence-corrected chi connectivity index (χ3v) is 4.11. The first kappa shape index (κ1) is 17.8. The lowest BCUT2D eigenvalue weighted by molar-refractivity contribution is -0.141. The van der Waals surface area contributed by atoms with Crippen molar-refractivity contribution in [2.75, 3.05) is 13.7 Å². The quantitative estimate of drug-likeness (QED) is 0.522. The summed E-state index contributed by atoms with van der Waals surface area (Å²) in [6, 6.07) is 9.21. The first-order valence-corrected chi connectivity index (χ1v) is 8.07. The Balaban J connectivity index is 1.61. The highest BCUT2D eigenvalue weighted by Crippen LogP contribution is 2.26. The number of ether oxygens (including phenoxy) is 2. The van der Waals surface area contributed by atoms with Crippen LogP contribution < -0.4 is 4.74 Å². The third-order valence-electron chi connectivity index (χ3n) is 3.81. The number of ketones is 1. The molecule has 0 saturated heterocycles. The molecule has 3 aromatic rings. The molecule has 1 aromatic heterocycles. The van der Waals surface area contributed by atoms with Crippen LogP contribution in [0, 0.1) is 0 Å². The zero-order valence-electron chi connectivity index (χ0n) is 13.8. The van der Waals surface area contributed by atoms with E-state index in [9.17, 15) is 14.7 Å². The summed E-state index contributed by atoms with van der Waals surface area (Å²) < 4.78 is 15.4. The Labute approximate surface area is 153 Å². The molecule has 0 spiro atoms. The molecule has 2 aromatic carbocycles. The number of carbonyl (C=O) groups is 2. The van der Waals surface area contributed by atoms with Gasteiger partial charge in [-0.3, -0.25) is 9.59 Å². The van der Waals surface area contributed by atoms with Gasteiger partial charge in [-0.15, -0.1) is 0 Å². The van der Waals surface area contributed by atoms with E-state index in [1.54, 1.807) is 18.2 Å². The average molecular weight is 375 g/mol. The van der Waals surface area contributed by atoms with Gasteiger partial charge in [0.15, 0.2) is 12.4 Å². The van der Waals surface area contributed by atoms with E-state index >= 15 is 0 Å². The van der Waals surface area contributed by atoms with Crippen LogP contribution in [0.15, 0.2) is 47.1 Å². The minimum Gasteiger partial charge on any atom is -0.508 e. The van der Waals surface area contributed by atoms with Crippen molar-refractivity contribution < 1.29 is 28.6 Å². The molecule has 0 aliphatic heterocycles. The van der Waals surface area contributed by atoms with Crippen LogP contribution in [0.1, 0.15) is 15.9 Å². The van der Waals surface area contributed by atoms with Gasteiger partial charge in [0, 0.05) is 22.6 Å². The van der Waals surface area contributed by atoms with Crippen molar-refractivity contribution in [1.82, 2.24) is 0 Å². The normalized spacial score (nSPS) is 10.7. The van der Waals surface area contributed by atoms with E-state index in [4.69, 9.17) is 25.5 Å². The van der Waals surface area contributed by atoms with Crippen LogP contribution in [0.25, 0.3) is 11.0 Å². The second-order valence-corrected chi connectivity index (χ2v) is 5.96. The molecule has 0 atom stereocenters. The molecule has 1 N–H and O–H groups in total. The molecule has 0 aliphatic carbocycles. The number of benzene rings is 2. The Morgan fingerprint density at radius 1 is 1.19 bits per heavy atom. The molecule has 0 saturated carbocycles. The Morgan fingerprint density at radius 3 is 2.73 bits per heavy atom. The van der Waals surface area contributed by atoms with Crippen molar-refractivity contribution in [3.05, 3.63) is 58.8 Å². The van der Waals surface area contributed by atoms with Crippen molar-refractivity contribution >= 4 is 34.3 Å². The number of rotatable bonds is 6. The largest absolute Gasteiger partial charge is 0.508 e. The lowest BCUT2D eigenvalue weighted by Crippen LogP contribution is -2.15. The Hall–Kier alpha value is -2.99. The number of hydrogen-bond donors (Lipinski definition) is 1. The SMILES string of the molecule is COc1ccc(C(=O)COC(=O)Cc2coc3cc(O)ccc23)cc1Cl. The minimum absolute atomic E-state index is 0.0472. The standard InChI is InChI=1S/C19H15ClO6/c1-24-17-5-2-11(6-15(17)20)16(22)10-26-19(23)7-12-9-25-18-8-13(21)3-4-14(12)18/h2-6,8-9,21H,7,10H2,1H3. The molecule has 0 amide bonds. The fourth-order valence-electron chi connectivity index (χ4n) is 2.48. The van der Waals surface area contributed by atoms with E-state index in [1.165, 1.54) is 31.6 Å². The van der Waals surface area contributed by atoms with Crippen LogP contribution in [0.4, 0.5) is 0 Å². The Morgan fingerprint density at radius 2 is 2.00 bits per heavy atom. The number of carbonyl (C=O) groups excluding carboxylic acids is 2. The predicted octanol–water partition coefficient (Wildman–Crippen LogP) is 3.77. The second kappa shape index (κ2) is 7.49. The predicted molar refractivity (Wildman–Crippen MR) is 94.9 cm³/mol. The average Bonchev–Trinajstić information content (AvgIpc) is 3.01. The Bertz CT molecular complexity index is 975. The Kier molecular flexibility index (Phi) is 5.14. The summed E-state index contributed by atoms with van der Waals surface area (Å²) in [5.41, 5.74) is 1.41. The first-order valence-electron chi connectivity index (χ1n) is 7.69. The van der Waals surface area contributed by atoms with Crippen LogP contribution in [0.5, 0.6) is 11.5 Å². The monoisotopic (exact) mass is 374 g/mol. The van der Waals surface area contributed by atoms with Gasteiger partial charge in [0.1, 0.15) is 17.1 Å². The fourth-order valence-corrected chi connectivity index (χ4v) is 2.74. The molecule has 0 unspecified atom stereocenters. The van der Waals surface area contributed by atoms with Crippen LogP contribution in [-0.4, -0.2) is 30.6 Å². The first-order chi connectivity index (χ1) is 12.5. The lowest BCUT2D eigenvalue weighted by atomic mass is 10.1. The van der Waals surface area contributed by atoms with Crippen LogP contribution >= 0.6 is 11.6 Å². The van der Waals surface area contributed by atoms with Gasteiger partial charge in [-0.25, -0.2) is 0 Å². The van der Waals surface area contributed by atoms with E-state index in [0.29, 0.717) is 32.9 Å². The molecule has 6 nitrogen and oxygen atoms in total. The van der Waals surface area contributed by atoms with Gasteiger partial charge >= 0.3 is 5.97 Å². The number of methoxy groups -OCH3 is 1. The summed E-state index contributed by atoms with van der Waals surface area (Å²) in [7, 11) is 1.48. The molecular weight excluding hydrogens is 360 g/mol. The molecule has 0 bridgehead atoms.